The second-order valence-electron chi connectivity index (χ2n) is 8.43. The van der Waals surface area contributed by atoms with Gasteiger partial charge in [-0.05, 0) is 59.7 Å². The normalized spacial score (nSPS) is 13.6. The van der Waals surface area contributed by atoms with E-state index in [0.29, 0.717) is 27.7 Å². The standard InChI is InChI=1S/C27H25ClFN5O2/c28-21-4-6-22(7-5-21)34-27(35)26(25(17-32-34)33-13-11-31-12-14-33)36-23-8-1-18(2-9-23)19-3-10-24(29)20(15-19)16-30/h1-10,15,17,31H,11-14,16,30H2. The van der Waals surface area contributed by atoms with E-state index in [0.717, 1.165) is 37.3 Å². The number of nitrogens with two attached hydrogens (primary N) is 1. The summed E-state index contributed by atoms with van der Waals surface area (Å²) in [6.07, 6.45) is 1.66. The van der Waals surface area contributed by atoms with Crippen LogP contribution in [0.25, 0.3) is 16.8 Å². The number of benzene rings is 3. The number of anilines is 1. The minimum atomic E-state index is -0.372. The number of hydrogen-bond donors (Lipinski definition) is 2. The molecule has 0 spiro atoms. The van der Waals surface area contributed by atoms with Crippen molar-refractivity contribution < 1.29 is 9.13 Å². The molecule has 3 aromatic carbocycles. The van der Waals surface area contributed by atoms with Crippen molar-refractivity contribution >= 4 is 17.3 Å². The van der Waals surface area contributed by atoms with Crippen LogP contribution in [0.15, 0.2) is 77.7 Å². The van der Waals surface area contributed by atoms with Crippen molar-refractivity contribution in [2.24, 2.45) is 5.73 Å². The molecule has 184 valence electrons. The molecule has 0 saturated carbocycles. The molecule has 1 saturated heterocycles. The zero-order chi connectivity index (χ0) is 25.1. The monoisotopic (exact) mass is 505 g/mol. The van der Waals surface area contributed by atoms with Crippen LogP contribution in [0.2, 0.25) is 5.02 Å². The Morgan fingerprint density at radius 2 is 1.69 bits per heavy atom. The zero-order valence-corrected chi connectivity index (χ0v) is 20.2. The van der Waals surface area contributed by atoms with Crippen molar-refractivity contribution in [1.29, 1.82) is 0 Å². The molecule has 0 unspecified atom stereocenters. The van der Waals surface area contributed by atoms with Crippen LogP contribution in [0.1, 0.15) is 5.56 Å². The van der Waals surface area contributed by atoms with Crippen LogP contribution in [0.3, 0.4) is 0 Å². The van der Waals surface area contributed by atoms with Crippen molar-refractivity contribution in [3.05, 3.63) is 99.7 Å². The third kappa shape index (κ3) is 4.97. The molecular formula is C27H25ClFN5O2. The average molecular weight is 506 g/mol. The third-order valence-corrected chi connectivity index (χ3v) is 6.37. The first-order valence-electron chi connectivity index (χ1n) is 11.6. The minimum absolute atomic E-state index is 0.123. The summed E-state index contributed by atoms with van der Waals surface area (Å²) < 4.78 is 21.3. The second kappa shape index (κ2) is 10.5. The summed E-state index contributed by atoms with van der Waals surface area (Å²) in [5.74, 6) is 0.375. The SMILES string of the molecule is NCc1cc(-c2ccc(Oc3c(N4CCNCC4)cnn(-c4ccc(Cl)cc4)c3=O)cc2)ccc1F. The fourth-order valence-corrected chi connectivity index (χ4v) is 4.29. The fraction of sp³-hybridized carbons (Fsp3) is 0.185. The number of ether oxygens (including phenoxy) is 1. The first kappa shape index (κ1) is 24.0. The Labute approximate surface area is 212 Å². The lowest BCUT2D eigenvalue weighted by atomic mass is 10.0. The third-order valence-electron chi connectivity index (χ3n) is 6.12. The molecule has 36 heavy (non-hydrogen) atoms. The average Bonchev–Trinajstić information content (AvgIpc) is 2.92. The molecule has 5 rings (SSSR count). The summed E-state index contributed by atoms with van der Waals surface area (Å²) in [5.41, 5.74) is 8.68. The van der Waals surface area contributed by atoms with Crippen LogP contribution >= 0.6 is 11.6 Å². The molecule has 2 heterocycles. The molecule has 0 aliphatic carbocycles. The molecule has 4 aromatic rings. The van der Waals surface area contributed by atoms with Crippen LogP contribution in [-0.4, -0.2) is 36.0 Å². The van der Waals surface area contributed by atoms with Gasteiger partial charge in [-0.2, -0.15) is 9.78 Å². The van der Waals surface area contributed by atoms with Gasteiger partial charge in [0.15, 0.2) is 0 Å². The summed E-state index contributed by atoms with van der Waals surface area (Å²) in [7, 11) is 0. The van der Waals surface area contributed by atoms with Gasteiger partial charge in [-0.15, -0.1) is 0 Å². The lowest BCUT2D eigenvalue weighted by Gasteiger charge is -2.30. The number of rotatable bonds is 6. The first-order chi connectivity index (χ1) is 17.5. The lowest BCUT2D eigenvalue weighted by Crippen LogP contribution is -2.44. The van der Waals surface area contributed by atoms with Gasteiger partial charge in [0.25, 0.3) is 0 Å². The summed E-state index contributed by atoms with van der Waals surface area (Å²) in [6, 6.07) is 19.1. The van der Waals surface area contributed by atoms with Gasteiger partial charge < -0.3 is 20.7 Å². The number of piperazine rings is 1. The number of nitrogens with zero attached hydrogens (tertiary/aromatic N) is 3. The van der Waals surface area contributed by atoms with Gasteiger partial charge in [-0.1, -0.05) is 29.8 Å². The number of nitrogens with one attached hydrogen (secondary N) is 1. The predicted molar refractivity (Wildman–Crippen MR) is 140 cm³/mol. The van der Waals surface area contributed by atoms with E-state index in [4.69, 9.17) is 22.1 Å². The predicted octanol–water partition coefficient (Wildman–Crippen LogP) is 4.35. The second-order valence-corrected chi connectivity index (χ2v) is 8.86. The summed E-state index contributed by atoms with van der Waals surface area (Å²) in [4.78, 5) is 15.7. The molecular weight excluding hydrogens is 481 g/mol. The van der Waals surface area contributed by atoms with Crippen molar-refractivity contribution in [3.8, 4) is 28.3 Å². The molecule has 1 aliphatic rings. The van der Waals surface area contributed by atoms with E-state index in [2.05, 4.69) is 15.3 Å². The van der Waals surface area contributed by atoms with Gasteiger partial charge in [0.1, 0.15) is 17.3 Å². The Kier molecular flexibility index (Phi) is 6.99. The van der Waals surface area contributed by atoms with E-state index in [1.54, 1.807) is 54.7 Å². The lowest BCUT2D eigenvalue weighted by molar-refractivity contribution is 0.463. The highest BCUT2D eigenvalue weighted by molar-refractivity contribution is 6.30. The Bertz CT molecular complexity index is 1420. The zero-order valence-electron chi connectivity index (χ0n) is 19.5. The highest BCUT2D eigenvalue weighted by Crippen LogP contribution is 2.31. The van der Waals surface area contributed by atoms with Crippen LogP contribution in [0.4, 0.5) is 10.1 Å². The molecule has 0 amide bonds. The van der Waals surface area contributed by atoms with Crippen LogP contribution in [0, 0.1) is 5.82 Å². The van der Waals surface area contributed by atoms with Gasteiger partial charge in [0, 0.05) is 43.3 Å². The van der Waals surface area contributed by atoms with Crippen LogP contribution in [-0.2, 0) is 6.54 Å². The van der Waals surface area contributed by atoms with E-state index in [1.165, 1.54) is 10.7 Å². The Morgan fingerprint density at radius 3 is 2.39 bits per heavy atom. The number of halogens is 2. The van der Waals surface area contributed by atoms with Crippen molar-refractivity contribution in [3.63, 3.8) is 0 Å². The number of hydrogen-bond acceptors (Lipinski definition) is 6. The molecule has 0 bridgehead atoms. The molecule has 0 radical (unpaired) electrons. The Hall–Kier alpha value is -3.72. The van der Waals surface area contributed by atoms with Gasteiger partial charge in [0.05, 0.1) is 11.9 Å². The Balaban J connectivity index is 1.50. The summed E-state index contributed by atoms with van der Waals surface area (Å²) in [5, 5.41) is 8.30. The molecule has 9 heteroatoms. The fourth-order valence-electron chi connectivity index (χ4n) is 4.17. The van der Waals surface area contributed by atoms with Crippen molar-refractivity contribution in [2.45, 2.75) is 6.54 Å². The van der Waals surface area contributed by atoms with Gasteiger partial charge in [0.2, 0.25) is 5.75 Å². The largest absolute Gasteiger partial charge is 0.449 e. The summed E-state index contributed by atoms with van der Waals surface area (Å²) in [6.45, 7) is 3.19. The smallest absolute Gasteiger partial charge is 0.316 e. The maximum atomic E-state index is 13.8. The van der Waals surface area contributed by atoms with Crippen molar-refractivity contribution in [2.75, 3.05) is 31.1 Å². The van der Waals surface area contributed by atoms with E-state index >= 15 is 0 Å². The van der Waals surface area contributed by atoms with Crippen LogP contribution < -0.4 is 26.2 Å². The van der Waals surface area contributed by atoms with E-state index in [9.17, 15) is 9.18 Å². The van der Waals surface area contributed by atoms with E-state index in [-0.39, 0.29) is 23.7 Å². The molecule has 1 aromatic heterocycles. The highest BCUT2D eigenvalue weighted by Gasteiger charge is 2.21. The quantitative estimate of drug-likeness (QED) is 0.405. The van der Waals surface area contributed by atoms with E-state index < -0.39 is 0 Å². The molecule has 1 aliphatic heterocycles. The summed E-state index contributed by atoms with van der Waals surface area (Å²) >= 11 is 6.02. The Morgan fingerprint density at radius 1 is 1.00 bits per heavy atom. The molecule has 7 nitrogen and oxygen atoms in total. The minimum Gasteiger partial charge on any atom is -0.449 e. The van der Waals surface area contributed by atoms with Gasteiger partial charge in [-0.25, -0.2) is 4.39 Å². The molecule has 0 atom stereocenters. The van der Waals surface area contributed by atoms with Crippen molar-refractivity contribution in [1.82, 2.24) is 15.1 Å². The topological polar surface area (TPSA) is 85.4 Å². The van der Waals surface area contributed by atoms with E-state index in [1.807, 2.05) is 12.1 Å². The van der Waals surface area contributed by atoms with Gasteiger partial charge in [-0.3, -0.25) is 4.79 Å². The molecule has 1 fully saturated rings. The number of aromatic nitrogens is 2. The maximum Gasteiger partial charge on any atom is 0.316 e. The highest BCUT2D eigenvalue weighted by atomic mass is 35.5. The first-order valence-corrected chi connectivity index (χ1v) is 12.0. The molecule has 3 N–H and O–H groups in total. The maximum absolute atomic E-state index is 13.8. The van der Waals surface area contributed by atoms with Crippen LogP contribution in [0.5, 0.6) is 11.5 Å². The van der Waals surface area contributed by atoms with Gasteiger partial charge >= 0.3 is 5.56 Å².